The van der Waals surface area contributed by atoms with Crippen molar-refractivity contribution in [2.45, 2.75) is 25.6 Å². The van der Waals surface area contributed by atoms with E-state index in [0.29, 0.717) is 11.1 Å². The molecular weight excluding hydrogens is 466 g/mol. The predicted molar refractivity (Wildman–Crippen MR) is 110 cm³/mol. The topological polar surface area (TPSA) is 76.1 Å². The van der Waals surface area contributed by atoms with E-state index in [1.807, 2.05) is 0 Å². The number of hydrogen-bond acceptors (Lipinski definition) is 7. The second-order valence-corrected chi connectivity index (χ2v) is 7.53. The summed E-state index contributed by atoms with van der Waals surface area (Å²) in [6.45, 7) is -2.75. The van der Waals surface area contributed by atoms with Crippen LogP contribution in [-0.2, 0) is 0 Å². The van der Waals surface area contributed by atoms with Crippen molar-refractivity contribution < 1.29 is 31.1 Å². The molecule has 1 aliphatic heterocycles. The Labute approximate surface area is 189 Å². The monoisotopic (exact) mass is 484 g/mol. The number of ether oxygens (including phenoxy) is 1. The zero-order valence-electron chi connectivity index (χ0n) is 17.4. The van der Waals surface area contributed by atoms with Crippen molar-refractivity contribution in [2.75, 3.05) is 23.3 Å². The molecule has 3 heterocycles. The third kappa shape index (κ3) is 5.64. The van der Waals surface area contributed by atoms with Gasteiger partial charge in [0.25, 0.3) is 0 Å². The van der Waals surface area contributed by atoms with Crippen LogP contribution < -0.4 is 15.0 Å². The molecular formula is C21H18F6N6O. The lowest BCUT2D eigenvalue weighted by Crippen LogP contribution is -2.39. The average Bonchev–Trinajstić information content (AvgIpc) is 2.80. The number of anilines is 3. The molecule has 34 heavy (non-hydrogen) atoms. The molecule has 7 nitrogen and oxygen atoms in total. The van der Waals surface area contributed by atoms with Crippen LogP contribution in [0.1, 0.15) is 12.8 Å². The Balaban J connectivity index is 1.48. The molecule has 13 heteroatoms. The molecule has 1 aliphatic rings. The van der Waals surface area contributed by atoms with Gasteiger partial charge in [-0.15, -0.1) is 5.10 Å². The standard InChI is InChI=1S/C21H18F6N6O/c22-16-11-28-20(33-7-5-14(6-8-33)21(25,26)27)31-18(16)30-17-9-13(10-29-32-17)12-1-3-15(4-2-12)34-19(23)24/h1-4,9-11,14,19H,5-8H2,(H,28,30,31,32). The highest BCUT2D eigenvalue weighted by Crippen LogP contribution is 2.35. The van der Waals surface area contributed by atoms with E-state index in [1.54, 1.807) is 23.1 Å². The Bertz CT molecular complexity index is 1120. The highest BCUT2D eigenvalue weighted by atomic mass is 19.4. The van der Waals surface area contributed by atoms with Crippen molar-refractivity contribution in [3.05, 3.63) is 48.5 Å². The molecule has 0 aliphatic carbocycles. The van der Waals surface area contributed by atoms with Gasteiger partial charge >= 0.3 is 12.8 Å². The first-order valence-corrected chi connectivity index (χ1v) is 10.2. The first-order chi connectivity index (χ1) is 16.2. The van der Waals surface area contributed by atoms with E-state index in [2.05, 4.69) is 30.2 Å². The number of nitrogens with one attached hydrogen (secondary N) is 1. The van der Waals surface area contributed by atoms with Crippen LogP contribution in [0.15, 0.2) is 42.7 Å². The smallest absolute Gasteiger partial charge is 0.391 e. The number of benzene rings is 1. The lowest BCUT2D eigenvalue weighted by molar-refractivity contribution is -0.179. The Morgan fingerprint density at radius 3 is 2.38 bits per heavy atom. The molecule has 0 unspecified atom stereocenters. The summed E-state index contributed by atoms with van der Waals surface area (Å²) in [4.78, 5) is 9.58. The summed E-state index contributed by atoms with van der Waals surface area (Å²) in [6, 6.07) is 7.38. The normalized spacial score (nSPS) is 15.0. The number of halogens is 6. The zero-order chi connectivity index (χ0) is 24.3. The van der Waals surface area contributed by atoms with Gasteiger partial charge in [-0.25, -0.2) is 9.37 Å². The van der Waals surface area contributed by atoms with E-state index in [1.165, 1.54) is 18.3 Å². The van der Waals surface area contributed by atoms with E-state index in [9.17, 15) is 26.3 Å². The third-order valence-electron chi connectivity index (χ3n) is 5.29. The van der Waals surface area contributed by atoms with Crippen molar-refractivity contribution in [2.24, 2.45) is 5.92 Å². The fraction of sp³-hybridized carbons (Fsp3) is 0.333. The second kappa shape index (κ2) is 9.69. The van der Waals surface area contributed by atoms with Gasteiger partial charge in [0.05, 0.1) is 18.3 Å². The summed E-state index contributed by atoms with van der Waals surface area (Å²) < 4.78 is 82.0. The lowest BCUT2D eigenvalue weighted by Gasteiger charge is -2.32. The summed E-state index contributed by atoms with van der Waals surface area (Å²) in [7, 11) is 0. The van der Waals surface area contributed by atoms with Crippen LogP contribution in [0.4, 0.5) is 43.9 Å². The van der Waals surface area contributed by atoms with Crippen molar-refractivity contribution >= 4 is 17.6 Å². The largest absolute Gasteiger partial charge is 0.435 e. The molecule has 4 rings (SSSR count). The summed E-state index contributed by atoms with van der Waals surface area (Å²) in [6.07, 6.45) is -2.08. The average molecular weight is 484 g/mol. The molecule has 0 spiro atoms. The number of nitrogens with zero attached hydrogens (tertiary/aromatic N) is 5. The van der Waals surface area contributed by atoms with Gasteiger partial charge in [-0.05, 0) is 36.6 Å². The molecule has 0 radical (unpaired) electrons. The quantitative estimate of drug-likeness (QED) is 0.482. The maximum atomic E-state index is 14.3. The highest BCUT2D eigenvalue weighted by Gasteiger charge is 2.41. The van der Waals surface area contributed by atoms with Crippen LogP contribution >= 0.6 is 0 Å². The molecule has 180 valence electrons. The predicted octanol–water partition coefficient (Wildman–Crippen LogP) is 5.20. The van der Waals surface area contributed by atoms with E-state index in [-0.39, 0.29) is 49.3 Å². The number of piperidine rings is 1. The Kier molecular flexibility index (Phi) is 6.70. The number of rotatable bonds is 6. The maximum absolute atomic E-state index is 14.3. The maximum Gasteiger partial charge on any atom is 0.391 e. The van der Waals surface area contributed by atoms with Crippen LogP contribution in [-0.4, -0.2) is 46.0 Å². The molecule has 1 fully saturated rings. The third-order valence-corrected chi connectivity index (χ3v) is 5.29. The first kappa shape index (κ1) is 23.5. The highest BCUT2D eigenvalue weighted by molar-refractivity contribution is 5.67. The summed E-state index contributed by atoms with van der Waals surface area (Å²) in [5, 5.41) is 10.4. The van der Waals surface area contributed by atoms with Crippen LogP contribution in [0.2, 0.25) is 0 Å². The number of alkyl halides is 5. The summed E-state index contributed by atoms with van der Waals surface area (Å²) in [5.41, 5.74) is 1.18. The van der Waals surface area contributed by atoms with Gasteiger partial charge in [0.2, 0.25) is 5.95 Å². The van der Waals surface area contributed by atoms with Gasteiger partial charge in [0.1, 0.15) is 5.75 Å². The lowest BCUT2D eigenvalue weighted by atomic mass is 9.96. The summed E-state index contributed by atoms with van der Waals surface area (Å²) in [5.74, 6) is -2.14. The Morgan fingerprint density at radius 2 is 1.74 bits per heavy atom. The Hall–Kier alpha value is -3.64. The van der Waals surface area contributed by atoms with E-state index in [4.69, 9.17) is 0 Å². The first-order valence-electron chi connectivity index (χ1n) is 10.2. The number of hydrogen-bond donors (Lipinski definition) is 1. The molecule has 1 N–H and O–H groups in total. The van der Waals surface area contributed by atoms with E-state index < -0.39 is 24.5 Å². The SMILES string of the molecule is Fc1cnc(N2CCC(C(F)(F)F)CC2)nc1Nc1cc(-c2ccc(OC(F)F)cc2)cnn1. The van der Waals surface area contributed by atoms with Crippen LogP contribution in [0.25, 0.3) is 11.1 Å². The van der Waals surface area contributed by atoms with Crippen molar-refractivity contribution in [1.29, 1.82) is 0 Å². The van der Waals surface area contributed by atoms with Gasteiger partial charge in [-0.3, -0.25) is 0 Å². The fourth-order valence-corrected chi connectivity index (χ4v) is 3.54. The van der Waals surface area contributed by atoms with Crippen LogP contribution in [0, 0.1) is 11.7 Å². The zero-order valence-corrected chi connectivity index (χ0v) is 17.4. The number of aromatic nitrogens is 4. The molecule has 0 amide bonds. The van der Waals surface area contributed by atoms with E-state index in [0.717, 1.165) is 6.20 Å². The van der Waals surface area contributed by atoms with Crippen molar-refractivity contribution in [3.63, 3.8) is 0 Å². The minimum atomic E-state index is -4.25. The molecule has 1 aromatic carbocycles. The minimum absolute atomic E-state index is 0.00559. The second-order valence-electron chi connectivity index (χ2n) is 7.53. The van der Waals surface area contributed by atoms with Gasteiger partial charge in [0.15, 0.2) is 17.5 Å². The van der Waals surface area contributed by atoms with Crippen LogP contribution in [0.5, 0.6) is 5.75 Å². The Morgan fingerprint density at radius 1 is 1.03 bits per heavy atom. The van der Waals surface area contributed by atoms with Gasteiger partial charge in [-0.1, -0.05) is 12.1 Å². The van der Waals surface area contributed by atoms with Crippen molar-refractivity contribution in [3.8, 4) is 16.9 Å². The van der Waals surface area contributed by atoms with Gasteiger partial charge in [-0.2, -0.15) is 32.0 Å². The molecule has 3 aromatic rings. The summed E-state index contributed by atoms with van der Waals surface area (Å²) >= 11 is 0. The van der Waals surface area contributed by atoms with Gasteiger partial charge in [0, 0.05) is 18.7 Å². The molecule has 0 bridgehead atoms. The molecule has 0 atom stereocenters. The molecule has 1 saturated heterocycles. The fourth-order valence-electron chi connectivity index (χ4n) is 3.54. The van der Waals surface area contributed by atoms with Crippen LogP contribution in [0.3, 0.4) is 0 Å². The van der Waals surface area contributed by atoms with Gasteiger partial charge < -0.3 is 15.0 Å². The molecule has 2 aromatic heterocycles. The molecule has 0 saturated carbocycles. The van der Waals surface area contributed by atoms with Crippen molar-refractivity contribution in [1.82, 2.24) is 20.2 Å². The minimum Gasteiger partial charge on any atom is -0.435 e. The van der Waals surface area contributed by atoms with E-state index >= 15 is 0 Å².